The van der Waals surface area contributed by atoms with E-state index in [1.807, 2.05) is 11.8 Å². The van der Waals surface area contributed by atoms with Gasteiger partial charge in [0.1, 0.15) is 5.37 Å². The molecule has 1 aromatic rings. The molecule has 1 amide bonds. The van der Waals surface area contributed by atoms with Crippen molar-refractivity contribution >= 4 is 17.7 Å². The quantitative estimate of drug-likeness (QED) is 0.814. The summed E-state index contributed by atoms with van der Waals surface area (Å²) >= 11 is 1.81. The summed E-state index contributed by atoms with van der Waals surface area (Å²) in [7, 11) is 2.08. The van der Waals surface area contributed by atoms with Crippen LogP contribution in [0.15, 0.2) is 24.3 Å². The highest BCUT2D eigenvalue weighted by molar-refractivity contribution is 8.01. The average molecular weight is 293 g/mol. The van der Waals surface area contributed by atoms with Crippen LogP contribution in [0.4, 0.5) is 0 Å². The molecule has 2 N–H and O–H groups in total. The van der Waals surface area contributed by atoms with Crippen molar-refractivity contribution in [2.24, 2.45) is 0 Å². The number of nitrogens with two attached hydrogens (primary N) is 1. The molecular formula is C16H25N2OS+. The summed E-state index contributed by atoms with van der Waals surface area (Å²) in [5, 5.41) is 2.50. The summed E-state index contributed by atoms with van der Waals surface area (Å²) in [6.45, 7) is 6.14. The Bertz CT molecular complexity index is 446. The third-order valence-electron chi connectivity index (χ3n) is 3.76. The van der Waals surface area contributed by atoms with Crippen LogP contribution in [0.1, 0.15) is 36.3 Å². The molecule has 1 saturated heterocycles. The average Bonchev–Trinajstić information content (AvgIpc) is 2.77. The molecule has 0 aliphatic carbocycles. The molecule has 2 rings (SSSR count). The highest BCUT2D eigenvalue weighted by atomic mass is 32.2. The zero-order chi connectivity index (χ0) is 14.5. The molecule has 1 heterocycles. The first-order valence-electron chi connectivity index (χ1n) is 7.47. The van der Waals surface area contributed by atoms with Gasteiger partial charge >= 0.3 is 0 Å². The predicted molar refractivity (Wildman–Crippen MR) is 84.6 cm³/mol. The lowest BCUT2D eigenvalue weighted by Crippen LogP contribution is -2.79. The van der Waals surface area contributed by atoms with Crippen LogP contribution >= 0.6 is 11.8 Å². The summed E-state index contributed by atoms with van der Waals surface area (Å²) < 4.78 is 0. The second-order valence-corrected chi connectivity index (χ2v) is 6.67. The van der Waals surface area contributed by atoms with Gasteiger partial charge in [-0.05, 0) is 18.9 Å². The number of carbonyl (C=O) groups is 1. The van der Waals surface area contributed by atoms with Gasteiger partial charge in [-0.1, -0.05) is 36.8 Å². The fraction of sp³-hybridized carbons (Fsp3) is 0.562. The van der Waals surface area contributed by atoms with Gasteiger partial charge in [0.05, 0.1) is 18.8 Å². The Balaban J connectivity index is 2.15. The molecule has 2 atom stereocenters. The second-order valence-electron chi connectivity index (χ2n) is 5.38. The maximum Gasteiger partial charge on any atom is 0.236 e. The first kappa shape index (κ1) is 15.4. The minimum absolute atomic E-state index is 0.131. The zero-order valence-electron chi connectivity index (χ0n) is 12.6. The number of thioether (sulfide) groups is 1. The predicted octanol–water partition coefficient (Wildman–Crippen LogP) is 1.93. The minimum atomic E-state index is 0.131. The molecule has 110 valence electrons. The Labute approximate surface area is 126 Å². The van der Waals surface area contributed by atoms with Gasteiger partial charge in [0, 0.05) is 13.0 Å². The van der Waals surface area contributed by atoms with Gasteiger partial charge in [0.25, 0.3) is 0 Å². The normalized spacial score (nSPS) is 22.6. The Morgan fingerprint density at radius 3 is 2.60 bits per heavy atom. The summed E-state index contributed by atoms with van der Waals surface area (Å²) in [5.41, 5.74) is 2.52. The highest BCUT2D eigenvalue weighted by Crippen LogP contribution is 2.44. The van der Waals surface area contributed by atoms with E-state index in [1.165, 1.54) is 11.1 Å². The van der Waals surface area contributed by atoms with Gasteiger partial charge < -0.3 is 10.2 Å². The van der Waals surface area contributed by atoms with E-state index < -0.39 is 0 Å². The molecule has 0 saturated carbocycles. The molecule has 0 radical (unpaired) electrons. The molecule has 0 unspecified atom stereocenters. The van der Waals surface area contributed by atoms with Crippen LogP contribution in [0.5, 0.6) is 0 Å². The van der Waals surface area contributed by atoms with Crippen molar-refractivity contribution in [1.82, 2.24) is 4.90 Å². The molecule has 1 fully saturated rings. The van der Waals surface area contributed by atoms with Crippen LogP contribution in [-0.2, 0) is 4.79 Å². The van der Waals surface area contributed by atoms with Gasteiger partial charge in [-0.25, -0.2) is 0 Å². The van der Waals surface area contributed by atoms with Crippen molar-refractivity contribution in [3.63, 3.8) is 0 Å². The fourth-order valence-electron chi connectivity index (χ4n) is 2.54. The van der Waals surface area contributed by atoms with E-state index in [2.05, 4.69) is 55.4 Å². The Kier molecular flexibility index (Phi) is 5.49. The largest absolute Gasteiger partial charge is 0.349 e. The first-order chi connectivity index (χ1) is 9.67. The van der Waals surface area contributed by atoms with Crippen LogP contribution in [0.3, 0.4) is 0 Å². The summed E-state index contributed by atoms with van der Waals surface area (Å²) in [6, 6.07) is 8.60. The third-order valence-corrected chi connectivity index (χ3v) is 5.41. The van der Waals surface area contributed by atoms with Gasteiger partial charge in [0.2, 0.25) is 5.91 Å². The van der Waals surface area contributed by atoms with Gasteiger partial charge in [0.15, 0.2) is 0 Å². The van der Waals surface area contributed by atoms with E-state index in [1.54, 1.807) is 0 Å². The number of quaternary nitrogens is 1. The lowest BCUT2D eigenvalue weighted by atomic mass is 10.1. The monoisotopic (exact) mass is 293 g/mol. The molecule has 1 aliphatic rings. The number of carbonyl (C=O) groups excluding carboxylic acids is 1. The number of nitrogens with zero attached hydrogens (tertiary/aromatic N) is 1. The van der Waals surface area contributed by atoms with E-state index >= 15 is 0 Å². The van der Waals surface area contributed by atoms with Crippen molar-refractivity contribution in [1.29, 1.82) is 0 Å². The zero-order valence-corrected chi connectivity index (χ0v) is 13.5. The van der Waals surface area contributed by atoms with Crippen LogP contribution in [0.2, 0.25) is 0 Å². The van der Waals surface area contributed by atoms with Crippen LogP contribution in [0.25, 0.3) is 0 Å². The summed E-state index contributed by atoms with van der Waals surface area (Å²) in [5.74, 6) is 0.319. The number of rotatable bonds is 6. The Morgan fingerprint density at radius 1 is 1.30 bits per heavy atom. The van der Waals surface area contributed by atoms with Crippen LogP contribution < -0.4 is 5.32 Å². The van der Waals surface area contributed by atoms with E-state index in [0.29, 0.717) is 5.91 Å². The maximum atomic E-state index is 12.5. The molecular weight excluding hydrogens is 268 g/mol. The summed E-state index contributed by atoms with van der Waals surface area (Å²) in [4.78, 5) is 14.6. The van der Waals surface area contributed by atoms with E-state index in [-0.39, 0.29) is 10.6 Å². The lowest BCUT2D eigenvalue weighted by molar-refractivity contribution is -0.627. The second kappa shape index (κ2) is 7.14. The van der Waals surface area contributed by atoms with Crippen molar-refractivity contribution in [3.05, 3.63) is 35.4 Å². The first-order valence-corrected chi connectivity index (χ1v) is 8.42. The van der Waals surface area contributed by atoms with Crippen molar-refractivity contribution in [2.75, 3.05) is 20.1 Å². The smallest absolute Gasteiger partial charge is 0.236 e. The minimum Gasteiger partial charge on any atom is -0.349 e. The van der Waals surface area contributed by atoms with Crippen molar-refractivity contribution in [3.8, 4) is 0 Å². The Morgan fingerprint density at radius 2 is 2.00 bits per heavy atom. The standard InChI is InChI=1S/C16H24N2OS/c1-4-14-15(19)18(11-5-10-17-3)16(20-14)13-8-6-12(2)7-9-13/h6-9,14,16-17H,4-5,10-11H2,1-3H3/p+1/t14-,16-/m0/s1. The van der Waals surface area contributed by atoms with Gasteiger partial charge in [-0.2, -0.15) is 0 Å². The van der Waals surface area contributed by atoms with E-state index in [9.17, 15) is 4.79 Å². The SMILES string of the molecule is CC[C@@H]1S[C@@H](c2ccc(C)cc2)N(CCC[NH2+]C)C1=O. The summed E-state index contributed by atoms with van der Waals surface area (Å²) in [6.07, 6.45) is 1.98. The van der Waals surface area contributed by atoms with Gasteiger partial charge in [-0.15, -0.1) is 11.8 Å². The van der Waals surface area contributed by atoms with Crippen molar-refractivity contribution in [2.45, 2.75) is 37.3 Å². The van der Waals surface area contributed by atoms with Crippen LogP contribution in [0, 0.1) is 6.92 Å². The number of hydrogen-bond donors (Lipinski definition) is 1. The number of aryl methyl sites for hydroxylation is 1. The maximum absolute atomic E-state index is 12.5. The van der Waals surface area contributed by atoms with Gasteiger partial charge in [-0.3, -0.25) is 4.79 Å². The highest BCUT2D eigenvalue weighted by Gasteiger charge is 2.39. The molecule has 3 nitrogen and oxygen atoms in total. The molecule has 0 bridgehead atoms. The van der Waals surface area contributed by atoms with Crippen LogP contribution in [-0.4, -0.2) is 36.2 Å². The van der Waals surface area contributed by atoms with E-state index in [0.717, 1.165) is 25.9 Å². The number of amides is 1. The third kappa shape index (κ3) is 3.36. The topological polar surface area (TPSA) is 36.9 Å². The molecule has 0 aromatic heterocycles. The molecule has 20 heavy (non-hydrogen) atoms. The molecule has 1 aliphatic heterocycles. The van der Waals surface area contributed by atoms with E-state index in [4.69, 9.17) is 0 Å². The molecule has 1 aromatic carbocycles. The lowest BCUT2D eigenvalue weighted by Gasteiger charge is -2.24. The molecule has 4 heteroatoms. The van der Waals surface area contributed by atoms with Crippen molar-refractivity contribution < 1.29 is 10.1 Å². The number of hydrogen-bond acceptors (Lipinski definition) is 2. The molecule has 0 spiro atoms. The number of benzene rings is 1. The fourth-order valence-corrected chi connectivity index (χ4v) is 3.97. The Hall–Kier alpha value is -1.00.